The third kappa shape index (κ3) is 7.93. The van der Waals surface area contributed by atoms with Crippen LogP contribution in [0.2, 0.25) is 0 Å². The minimum Gasteiger partial charge on any atom is -0.481 e. The van der Waals surface area contributed by atoms with E-state index in [-0.39, 0.29) is 5.88 Å². The normalized spacial score (nSPS) is 19.0. The van der Waals surface area contributed by atoms with Gasteiger partial charge in [0.25, 0.3) is 5.91 Å². The highest BCUT2D eigenvalue weighted by molar-refractivity contribution is 6.07. The summed E-state index contributed by atoms with van der Waals surface area (Å²) in [4.78, 5) is 26.7. The summed E-state index contributed by atoms with van der Waals surface area (Å²) >= 11 is 0. The second-order valence-corrected chi connectivity index (χ2v) is 13.2. The van der Waals surface area contributed by atoms with E-state index in [9.17, 15) is 18.0 Å². The molecule has 0 spiro atoms. The Labute approximate surface area is 279 Å². The molecule has 4 heterocycles. The number of hydrogen-bond acceptors (Lipinski definition) is 7. The molecule has 3 aliphatic heterocycles. The number of anilines is 2. The highest BCUT2D eigenvalue weighted by atomic mass is 19.4. The van der Waals surface area contributed by atoms with Crippen LogP contribution in [0.25, 0.3) is 11.1 Å². The molecule has 3 saturated heterocycles. The number of aromatic nitrogens is 1. The van der Waals surface area contributed by atoms with Crippen molar-refractivity contribution in [2.75, 3.05) is 76.7 Å². The third-order valence-corrected chi connectivity index (χ3v) is 9.94. The summed E-state index contributed by atoms with van der Waals surface area (Å²) in [6.07, 6.45) is 2.22. The lowest BCUT2D eigenvalue weighted by Gasteiger charge is -2.40. The number of methoxy groups -OCH3 is 1. The molecule has 8 nitrogen and oxygen atoms in total. The molecule has 1 N–H and O–H groups in total. The number of nitrogens with one attached hydrogen (secondary N) is 1. The van der Waals surface area contributed by atoms with Gasteiger partial charge in [-0.25, -0.2) is 9.37 Å². The summed E-state index contributed by atoms with van der Waals surface area (Å²) in [6.45, 7) is 7.96. The van der Waals surface area contributed by atoms with Crippen LogP contribution < -0.4 is 15.0 Å². The van der Waals surface area contributed by atoms with Crippen LogP contribution in [0, 0.1) is 5.82 Å². The Bertz CT molecular complexity index is 1580. The van der Waals surface area contributed by atoms with E-state index in [4.69, 9.17) is 4.74 Å². The molecule has 0 radical (unpaired) electrons. The number of nitrogens with zero attached hydrogens (tertiary/aromatic N) is 5. The molecular formula is C36H44F4N6O2. The number of hydrogen-bond donors (Lipinski definition) is 1. The highest BCUT2D eigenvalue weighted by Crippen LogP contribution is 2.37. The number of benzene rings is 2. The predicted molar refractivity (Wildman–Crippen MR) is 179 cm³/mol. The molecule has 0 atom stereocenters. The Morgan fingerprint density at radius 2 is 1.67 bits per heavy atom. The Kier molecular flexibility index (Phi) is 10.5. The molecule has 3 fully saturated rings. The van der Waals surface area contributed by atoms with Crippen molar-refractivity contribution in [1.82, 2.24) is 19.7 Å². The fraction of sp³-hybridized carbons (Fsp3) is 0.500. The third-order valence-electron chi connectivity index (χ3n) is 9.94. The molecule has 0 aliphatic carbocycles. The average Bonchev–Trinajstić information content (AvgIpc) is 3.09. The number of pyridine rings is 1. The molecule has 0 bridgehead atoms. The lowest BCUT2D eigenvalue weighted by Crippen LogP contribution is -2.46. The Morgan fingerprint density at radius 3 is 2.35 bits per heavy atom. The van der Waals surface area contributed by atoms with Crippen molar-refractivity contribution in [2.24, 2.45) is 0 Å². The van der Waals surface area contributed by atoms with Gasteiger partial charge in [0.1, 0.15) is 5.82 Å². The first-order valence-electron chi connectivity index (χ1n) is 16.8. The quantitative estimate of drug-likeness (QED) is 0.280. The average molecular weight is 669 g/mol. The number of amides is 1. The number of piperidine rings is 2. The van der Waals surface area contributed by atoms with Gasteiger partial charge in [-0.15, -0.1) is 0 Å². The summed E-state index contributed by atoms with van der Waals surface area (Å²) < 4.78 is 62.3. The van der Waals surface area contributed by atoms with Gasteiger partial charge in [-0.2, -0.15) is 13.2 Å². The first-order chi connectivity index (χ1) is 23.1. The van der Waals surface area contributed by atoms with E-state index < -0.39 is 29.0 Å². The van der Waals surface area contributed by atoms with E-state index in [0.29, 0.717) is 54.2 Å². The van der Waals surface area contributed by atoms with Gasteiger partial charge in [-0.3, -0.25) is 9.69 Å². The zero-order chi connectivity index (χ0) is 33.8. The maximum absolute atomic E-state index is 15.4. The molecule has 1 amide bonds. The van der Waals surface area contributed by atoms with Crippen molar-refractivity contribution in [1.29, 1.82) is 0 Å². The van der Waals surface area contributed by atoms with Crippen LogP contribution in [0.1, 0.15) is 53.6 Å². The number of rotatable bonds is 8. The van der Waals surface area contributed by atoms with E-state index in [1.807, 2.05) is 31.3 Å². The number of likely N-dealkylation sites (tertiary alicyclic amines) is 2. The maximum Gasteiger partial charge on any atom is 0.417 e. The predicted octanol–water partition coefficient (Wildman–Crippen LogP) is 6.37. The van der Waals surface area contributed by atoms with Crippen LogP contribution in [0.15, 0.2) is 48.7 Å². The lowest BCUT2D eigenvalue weighted by molar-refractivity contribution is -0.138. The highest BCUT2D eigenvalue weighted by Gasteiger charge is 2.36. The smallest absolute Gasteiger partial charge is 0.417 e. The van der Waals surface area contributed by atoms with Gasteiger partial charge in [0.05, 0.1) is 29.6 Å². The standard InChI is InChI=1S/C36H44F4N6O2/c1-43-16-18-46(19-17-43)33-9-7-26(21-32(33)42-35(47)29-23-41-34(48-2)22-30(29)36(38,39)40)28-20-25(6-8-31(28)37)24-44-14-10-27(11-15-44)45-12-4-3-5-13-45/h6-9,20-23,27H,3-5,10-19,24H2,1-2H3,(H,42,47). The first-order valence-corrected chi connectivity index (χ1v) is 16.8. The Balaban J connectivity index is 1.25. The molecule has 1 aromatic heterocycles. The van der Waals surface area contributed by atoms with Crippen molar-refractivity contribution < 1.29 is 27.1 Å². The number of carbonyl (C=O) groups excluding carboxylic acids is 1. The number of ether oxygens (including phenoxy) is 1. The van der Waals surface area contributed by atoms with Crippen LogP contribution in [0.4, 0.5) is 28.9 Å². The summed E-state index contributed by atoms with van der Waals surface area (Å²) in [6, 6.07) is 11.8. The second-order valence-electron chi connectivity index (χ2n) is 13.2. The molecule has 3 aromatic rings. The Morgan fingerprint density at radius 1 is 0.938 bits per heavy atom. The summed E-state index contributed by atoms with van der Waals surface area (Å²) in [5, 5.41) is 2.72. The van der Waals surface area contributed by atoms with Gasteiger partial charge in [-0.05, 0) is 94.3 Å². The fourth-order valence-corrected chi connectivity index (χ4v) is 7.16. The van der Waals surface area contributed by atoms with Crippen LogP contribution in [0.3, 0.4) is 0 Å². The van der Waals surface area contributed by atoms with E-state index in [0.717, 1.165) is 50.8 Å². The molecule has 3 aliphatic rings. The minimum absolute atomic E-state index is 0.249. The fourth-order valence-electron chi connectivity index (χ4n) is 7.16. The minimum atomic E-state index is -4.81. The molecule has 258 valence electrons. The largest absolute Gasteiger partial charge is 0.481 e. The molecule has 48 heavy (non-hydrogen) atoms. The zero-order valence-electron chi connectivity index (χ0n) is 27.7. The summed E-state index contributed by atoms with van der Waals surface area (Å²) in [5.41, 5.74) is 1.06. The maximum atomic E-state index is 15.4. The topological polar surface area (TPSA) is 64.2 Å². The van der Waals surface area contributed by atoms with Crippen molar-refractivity contribution in [3.63, 3.8) is 0 Å². The Hall–Kier alpha value is -3.74. The van der Waals surface area contributed by atoms with Gasteiger partial charge < -0.3 is 24.8 Å². The van der Waals surface area contributed by atoms with E-state index in [2.05, 4.69) is 29.9 Å². The van der Waals surface area contributed by atoms with Crippen LogP contribution in [0.5, 0.6) is 5.88 Å². The van der Waals surface area contributed by atoms with Crippen molar-refractivity contribution in [2.45, 2.75) is 50.9 Å². The lowest BCUT2D eigenvalue weighted by atomic mass is 9.98. The molecule has 2 aromatic carbocycles. The van der Waals surface area contributed by atoms with Crippen molar-refractivity contribution in [3.8, 4) is 17.0 Å². The van der Waals surface area contributed by atoms with Gasteiger partial charge in [0, 0.05) is 56.6 Å². The van der Waals surface area contributed by atoms with Crippen LogP contribution in [-0.2, 0) is 12.7 Å². The van der Waals surface area contributed by atoms with Gasteiger partial charge >= 0.3 is 6.18 Å². The number of alkyl halides is 3. The number of carbonyl (C=O) groups is 1. The second kappa shape index (κ2) is 14.8. The molecule has 0 saturated carbocycles. The number of halogens is 4. The monoisotopic (exact) mass is 668 g/mol. The van der Waals surface area contributed by atoms with E-state index >= 15 is 4.39 Å². The van der Waals surface area contributed by atoms with Gasteiger partial charge in [-0.1, -0.05) is 18.6 Å². The molecular weight excluding hydrogens is 624 g/mol. The molecule has 0 unspecified atom stereocenters. The van der Waals surface area contributed by atoms with Crippen molar-refractivity contribution in [3.05, 3.63) is 71.2 Å². The summed E-state index contributed by atoms with van der Waals surface area (Å²) in [5.74, 6) is -1.63. The molecule has 6 rings (SSSR count). The van der Waals surface area contributed by atoms with E-state index in [1.54, 1.807) is 6.07 Å². The van der Waals surface area contributed by atoms with Crippen LogP contribution >= 0.6 is 0 Å². The number of piperazine rings is 1. The molecule has 12 heteroatoms. The zero-order valence-corrected chi connectivity index (χ0v) is 27.7. The van der Waals surface area contributed by atoms with E-state index in [1.165, 1.54) is 45.5 Å². The number of likely N-dealkylation sites (N-methyl/N-ethyl adjacent to an activating group) is 1. The SMILES string of the molecule is COc1cc(C(F)(F)F)c(C(=O)Nc2cc(-c3cc(CN4CCC(N5CCCCC5)CC4)ccc3F)ccc2N2CCN(C)CC2)cn1. The van der Waals surface area contributed by atoms with Gasteiger partial charge in [0.15, 0.2) is 0 Å². The van der Waals surface area contributed by atoms with Crippen molar-refractivity contribution >= 4 is 17.3 Å². The first kappa shape index (κ1) is 34.1. The summed E-state index contributed by atoms with van der Waals surface area (Å²) in [7, 11) is 3.23. The van der Waals surface area contributed by atoms with Crippen LogP contribution in [-0.4, -0.2) is 98.1 Å². The van der Waals surface area contributed by atoms with Gasteiger partial charge in [0.2, 0.25) is 5.88 Å².